The lowest BCUT2D eigenvalue weighted by molar-refractivity contribution is -0.384. The van der Waals surface area contributed by atoms with Crippen LogP contribution in [-0.2, 0) is 4.79 Å². The monoisotopic (exact) mass is 379 g/mol. The second-order valence-electron chi connectivity index (χ2n) is 3.02. The average molecular weight is 381 g/mol. The summed E-state index contributed by atoms with van der Waals surface area (Å²) in [5.41, 5.74) is -0.803. The number of nitriles is 1. The smallest absolute Gasteiger partial charge is 0.295 e. The molecule has 0 aromatic heterocycles. The molecule has 0 heterocycles. The molecule has 0 fully saturated rings. The van der Waals surface area contributed by atoms with Gasteiger partial charge in [-0.2, -0.15) is 5.26 Å². The Bertz CT molecular complexity index is 571. The molecule has 0 aliphatic rings. The van der Waals surface area contributed by atoms with Crippen molar-refractivity contribution in [3.8, 4) is 6.07 Å². The topological polar surface area (TPSA) is 96.0 Å². The lowest BCUT2D eigenvalue weighted by Gasteiger charge is -2.08. The van der Waals surface area contributed by atoms with Gasteiger partial charge in [-0.3, -0.25) is 14.9 Å². The van der Waals surface area contributed by atoms with E-state index in [1.807, 2.05) is 0 Å². The minimum Gasteiger partial charge on any atom is -0.318 e. The SMILES string of the molecule is N#CCC(=O)Nc1c([N+](=O)[O-])cc(Br)c(F)c1Br. The van der Waals surface area contributed by atoms with Gasteiger partial charge in [0.2, 0.25) is 5.91 Å². The van der Waals surface area contributed by atoms with Crippen molar-refractivity contribution >= 4 is 49.1 Å². The van der Waals surface area contributed by atoms with Crippen molar-refractivity contribution in [3.05, 3.63) is 30.9 Å². The third kappa shape index (κ3) is 3.02. The summed E-state index contributed by atoms with van der Waals surface area (Å²) >= 11 is 5.64. The molecule has 0 atom stereocenters. The number of nitrogens with zero attached hydrogens (tertiary/aromatic N) is 2. The molecule has 1 aromatic carbocycles. The fourth-order valence-electron chi connectivity index (χ4n) is 1.10. The highest BCUT2D eigenvalue weighted by Crippen LogP contribution is 2.38. The molecule has 0 bridgehead atoms. The number of hydrogen-bond donors (Lipinski definition) is 1. The van der Waals surface area contributed by atoms with Crippen LogP contribution in [0.4, 0.5) is 15.8 Å². The van der Waals surface area contributed by atoms with Gasteiger partial charge in [0.05, 0.1) is 19.9 Å². The van der Waals surface area contributed by atoms with Gasteiger partial charge in [-0.25, -0.2) is 4.39 Å². The van der Waals surface area contributed by atoms with Gasteiger partial charge in [-0.15, -0.1) is 0 Å². The summed E-state index contributed by atoms with van der Waals surface area (Å²) in [6.45, 7) is 0. The lowest BCUT2D eigenvalue weighted by Crippen LogP contribution is -2.13. The molecule has 1 rings (SSSR count). The van der Waals surface area contributed by atoms with E-state index in [9.17, 15) is 19.3 Å². The Hall–Kier alpha value is -1.53. The van der Waals surface area contributed by atoms with Gasteiger partial charge in [-0.1, -0.05) is 0 Å². The van der Waals surface area contributed by atoms with Gasteiger partial charge in [0.1, 0.15) is 12.1 Å². The largest absolute Gasteiger partial charge is 0.318 e. The molecule has 0 aliphatic heterocycles. The van der Waals surface area contributed by atoms with Crippen molar-refractivity contribution in [3.63, 3.8) is 0 Å². The van der Waals surface area contributed by atoms with E-state index in [0.29, 0.717) is 0 Å². The van der Waals surface area contributed by atoms with Gasteiger partial charge < -0.3 is 5.32 Å². The van der Waals surface area contributed by atoms with E-state index in [1.54, 1.807) is 6.07 Å². The van der Waals surface area contributed by atoms with Gasteiger partial charge in [-0.05, 0) is 31.9 Å². The third-order valence-electron chi connectivity index (χ3n) is 1.84. The number of amides is 1. The van der Waals surface area contributed by atoms with E-state index in [2.05, 4.69) is 37.2 Å². The normalized spacial score (nSPS) is 9.67. The van der Waals surface area contributed by atoms with Crippen molar-refractivity contribution in [1.29, 1.82) is 5.26 Å². The minimum absolute atomic E-state index is 0.112. The standard InChI is InChI=1S/C9H4Br2FN3O3/c10-4-3-5(15(17)18)9(7(11)8(4)12)14-6(16)1-2-13/h3H,1H2,(H,14,16). The Morgan fingerprint density at radius 2 is 2.22 bits per heavy atom. The van der Waals surface area contributed by atoms with Crippen LogP contribution in [0.2, 0.25) is 0 Å². The quantitative estimate of drug-likeness (QED) is 0.495. The van der Waals surface area contributed by atoms with E-state index in [-0.39, 0.29) is 14.6 Å². The fourth-order valence-corrected chi connectivity index (χ4v) is 2.30. The molecule has 0 spiro atoms. The number of nitrogens with one attached hydrogen (secondary N) is 1. The van der Waals surface area contributed by atoms with Crippen LogP contribution < -0.4 is 5.32 Å². The van der Waals surface area contributed by atoms with Gasteiger partial charge in [0.15, 0.2) is 5.82 Å². The molecule has 0 radical (unpaired) electrons. The van der Waals surface area contributed by atoms with E-state index in [0.717, 1.165) is 6.07 Å². The first kappa shape index (κ1) is 14.5. The fraction of sp³-hybridized carbons (Fsp3) is 0.111. The molecule has 0 unspecified atom stereocenters. The van der Waals surface area contributed by atoms with Crippen LogP contribution in [0, 0.1) is 27.3 Å². The number of anilines is 1. The van der Waals surface area contributed by atoms with Crippen LogP contribution in [0.25, 0.3) is 0 Å². The van der Waals surface area contributed by atoms with Crippen LogP contribution in [0.5, 0.6) is 0 Å². The number of benzene rings is 1. The van der Waals surface area contributed by atoms with Crippen LogP contribution in [0.3, 0.4) is 0 Å². The Morgan fingerprint density at radius 1 is 1.61 bits per heavy atom. The third-order valence-corrected chi connectivity index (χ3v) is 3.16. The van der Waals surface area contributed by atoms with Gasteiger partial charge >= 0.3 is 0 Å². The highest BCUT2D eigenvalue weighted by molar-refractivity contribution is 9.11. The first-order valence-electron chi connectivity index (χ1n) is 4.37. The molecular weight excluding hydrogens is 377 g/mol. The number of carbonyl (C=O) groups is 1. The number of nitro groups is 1. The lowest BCUT2D eigenvalue weighted by atomic mass is 10.2. The van der Waals surface area contributed by atoms with Crippen molar-refractivity contribution < 1.29 is 14.1 Å². The van der Waals surface area contributed by atoms with Crippen LogP contribution in [-0.4, -0.2) is 10.8 Å². The van der Waals surface area contributed by atoms with Crippen molar-refractivity contribution in [2.75, 3.05) is 5.32 Å². The number of hydrogen-bond acceptors (Lipinski definition) is 4. The zero-order chi connectivity index (χ0) is 13.9. The first-order valence-corrected chi connectivity index (χ1v) is 5.95. The van der Waals surface area contributed by atoms with Crippen molar-refractivity contribution in [2.24, 2.45) is 0 Å². The molecule has 1 N–H and O–H groups in total. The van der Waals surface area contributed by atoms with Gasteiger partial charge in [0.25, 0.3) is 5.69 Å². The molecule has 0 aliphatic carbocycles. The molecule has 1 aromatic rings. The Labute approximate surface area is 117 Å². The van der Waals surface area contributed by atoms with Crippen LogP contribution in [0.15, 0.2) is 15.0 Å². The Morgan fingerprint density at radius 3 is 2.72 bits per heavy atom. The molecule has 18 heavy (non-hydrogen) atoms. The maximum Gasteiger partial charge on any atom is 0.295 e. The minimum atomic E-state index is -0.784. The van der Waals surface area contributed by atoms with E-state index in [4.69, 9.17) is 5.26 Å². The number of carbonyl (C=O) groups excluding carboxylic acids is 1. The number of halogens is 3. The Balaban J connectivity index is 3.32. The molecule has 6 nitrogen and oxygen atoms in total. The summed E-state index contributed by atoms with van der Waals surface area (Å²) in [6, 6.07) is 2.51. The second kappa shape index (κ2) is 5.88. The summed E-state index contributed by atoms with van der Waals surface area (Å²) < 4.78 is 13.2. The summed E-state index contributed by atoms with van der Waals surface area (Å²) in [5.74, 6) is -1.55. The molecular formula is C9H4Br2FN3O3. The summed E-state index contributed by atoms with van der Waals surface area (Å²) in [6.07, 6.45) is -0.485. The second-order valence-corrected chi connectivity index (χ2v) is 4.67. The maximum absolute atomic E-state index is 13.5. The van der Waals surface area contributed by atoms with Gasteiger partial charge in [0, 0.05) is 6.07 Å². The predicted molar refractivity (Wildman–Crippen MR) is 67.3 cm³/mol. The maximum atomic E-state index is 13.5. The summed E-state index contributed by atoms with van der Waals surface area (Å²) in [7, 11) is 0. The number of nitro benzene ring substituents is 1. The van der Waals surface area contributed by atoms with E-state index < -0.39 is 28.8 Å². The number of rotatable bonds is 3. The molecule has 94 valence electrons. The molecule has 0 saturated carbocycles. The zero-order valence-electron chi connectivity index (χ0n) is 8.54. The van der Waals surface area contributed by atoms with Crippen LogP contribution in [0.1, 0.15) is 6.42 Å². The zero-order valence-corrected chi connectivity index (χ0v) is 11.7. The molecule has 1 amide bonds. The van der Waals surface area contributed by atoms with Crippen molar-refractivity contribution in [1.82, 2.24) is 0 Å². The van der Waals surface area contributed by atoms with E-state index >= 15 is 0 Å². The summed E-state index contributed by atoms with van der Waals surface area (Å²) in [4.78, 5) is 21.3. The molecule has 0 saturated heterocycles. The highest BCUT2D eigenvalue weighted by atomic mass is 79.9. The predicted octanol–water partition coefficient (Wildman–Crippen LogP) is 3.11. The first-order chi connectivity index (χ1) is 8.38. The Kier molecular flexibility index (Phi) is 4.75. The highest BCUT2D eigenvalue weighted by Gasteiger charge is 2.24. The average Bonchev–Trinajstić information content (AvgIpc) is 2.29. The van der Waals surface area contributed by atoms with Crippen molar-refractivity contribution in [2.45, 2.75) is 6.42 Å². The summed E-state index contributed by atoms with van der Waals surface area (Å²) in [5, 5.41) is 21.2. The van der Waals surface area contributed by atoms with Crippen LogP contribution >= 0.6 is 31.9 Å². The van der Waals surface area contributed by atoms with E-state index in [1.165, 1.54) is 0 Å². The molecule has 9 heteroatoms.